The van der Waals surface area contributed by atoms with Crippen LogP contribution in [0.4, 0.5) is 4.39 Å². The fourth-order valence-corrected chi connectivity index (χ4v) is 5.82. The largest absolute Gasteiger partial charge is 0.434 e. The van der Waals surface area contributed by atoms with Gasteiger partial charge in [0.25, 0.3) is 5.89 Å². The number of halogens is 2. The van der Waals surface area contributed by atoms with Crippen molar-refractivity contribution in [1.29, 1.82) is 0 Å². The van der Waals surface area contributed by atoms with Gasteiger partial charge in [0.15, 0.2) is 11.3 Å². The van der Waals surface area contributed by atoms with E-state index in [-0.39, 0.29) is 11.7 Å². The second kappa shape index (κ2) is 9.06. The van der Waals surface area contributed by atoms with E-state index in [1.54, 1.807) is 12.3 Å². The highest BCUT2D eigenvalue weighted by molar-refractivity contribution is 6.30. The summed E-state index contributed by atoms with van der Waals surface area (Å²) < 4.78 is 23.5. The molecule has 2 saturated carbocycles. The van der Waals surface area contributed by atoms with E-state index in [0.29, 0.717) is 64.5 Å². The van der Waals surface area contributed by atoms with Crippen LogP contribution in [0.1, 0.15) is 64.1 Å². The SMILES string of the molecule is C[C@H]1CC[C@H](Cn2c(C3(F)CCCC3)nc3nc(-c4n[nH]c(=O)o4)nc(-c4cncc(Cl)c4)c32)CC1. The van der Waals surface area contributed by atoms with Crippen LogP contribution in [0.15, 0.2) is 27.7 Å². The summed E-state index contributed by atoms with van der Waals surface area (Å²) in [6.07, 6.45) is 10.2. The quantitative estimate of drug-likeness (QED) is 0.378. The van der Waals surface area contributed by atoms with Crippen LogP contribution in [0.3, 0.4) is 0 Å². The zero-order chi connectivity index (χ0) is 24.9. The first kappa shape index (κ1) is 23.3. The molecule has 0 unspecified atom stereocenters. The van der Waals surface area contributed by atoms with Crippen LogP contribution in [-0.2, 0) is 12.2 Å². The summed E-state index contributed by atoms with van der Waals surface area (Å²) in [7, 11) is 0. The van der Waals surface area contributed by atoms with Gasteiger partial charge in [-0.2, -0.15) is 0 Å². The molecular formula is C25H27ClFN7O2. The normalized spacial score (nSPS) is 21.9. The molecule has 0 saturated heterocycles. The van der Waals surface area contributed by atoms with E-state index in [1.165, 1.54) is 6.20 Å². The Morgan fingerprint density at radius 2 is 1.94 bits per heavy atom. The minimum atomic E-state index is -1.52. The summed E-state index contributed by atoms with van der Waals surface area (Å²) in [5.74, 6) is 0.830. The monoisotopic (exact) mass is 511 g/mol. The number of aromatic nitrogens is 7. The van der Waals surface area contributed by atoms with Crippen LogP contribution in [0.5, 0.6) is 0 Å². The number of nitrogens with one attached hydrogen (secondary N) is 1. The Bertz CT molecular complexity index is 1460. The van der Waals surface area contributed by atoms with Crippen molar-refractivity contribution in [3.05, 3.63) is 39.9 Å². The average Bonchev–Trinajstić information content (AvgIpc) is 3.59. The minimum absolute atomic E-state index is 0.0636. The fourth-order valence-electron chi connectivity index (χ4n) is 5.65. The Labute approximate surface area is 211 Å². The van der Waals surface area contributed by atoms with Gasteiger partial charge in [0.05, 0.1) is 5.02 Å². The van der Waals surface area contributed by atoms with Crippen molar-refractivity contribution in [3.63, 3.8) is 0 Å². The van der Waals surface area contributed by atoms with Crippen molar-refractivity contribution in [2.24, 2.45) is 11.8 Å². The lowest BCUT2D eigenvalue weighted by molar-refractivity contribution is 0.151. The van der Waals surface area contributed by atoms with Crippen molar-refractivity contribution >= 4 is 22.8 Å². The molecule has 0 atom stereocenters. The molecule has 11 heteroatoms. The molecule has 0 amide bonds. The molecule has 2 aliphatic rings. The molecule has 4 aromatic rings. The Balaban J connectivity index is 1.59. The third kappa shape index (κ3) is 4.21. The van der Waals surface area contributed by atoms with Crippen LogP contribution in [-0.4, -0.2) is 34.7 Å². The van der Waals surface area contributed by atoms with Crippen molar-refractivity contribution in [1.82, 2.24) is 34.7 Å². The lowest BCUT2D eigenvalue weighted by Crippen LogP contribution is -2.25. The van der Waals surface area contributed by atoms with E-state index >= 15 is 4.39 Å². The Kier molecular flexibility index (Phi) is 5.86. The smallest absolute Gasteiger partial charge is 0.384 e. The molecule has 4 aromatic heterocycles. The van der Waals surface area contributed by atoms with Gasteiger partial charge in [-0.3, -0.25) is 4.98 Å². The molecule has 4 heterocycles. The van der Waals surface area contributed by atoms with Crippen LogP contribution < -0.4 is 5.76 Å². The topological polar surface area (TPSA) is 115 Å². The van der Waals surface area contributed by atoms with Gasteiger partial charge in [-0.15, -0.1) is 5.10 Å². The first-order chi connectivity index (χ1) is 17.4. The summed E-state index contributed by atoms with van der Waals surface area (Å²) in [6.45, 7) is 2.93. The highest BCUT2D eigenvalue weighted by Crippen LogP contribution is 2.44. The van der Waals surface area contributed by atoms with Gasteiger partial charge < -0.3 is 8.98 Å². The van der Waals surface area contributed by atoms with Crippen molar-refractivity contribution in [2.45, 2.75) is 70.5 Å². The Hall–Kier alpha value is -3.14. The number of nitrogens with zero attached hydrogens (tertiary/aromatic N) is 6. The maximum atomic E-state index is 16.3. The zero-order valence-corrected chi connectivity index (χ0v) is 20.8. The Morgan fingerprint density at radius 1 is 1.17 bits per heavy atom. The first-order valence-electron chi connectivity index (χ1n) is 12.5. The molecule has 0 bridgehead atoms. The Morgan fingerprint density at radius 3 is 2.64 bits per heavy atom. The minimum Gasteiger partial charge on any atom is -0.384 e. The summed E-state index contributed by atoms with van der Waals surface area (Å²) in [5.41, 5.74) is 0.589. The van der Waals surface area contributed by atoms with Gasteiger partial charge in [-0.05, 0) is 56.4 Å². The standard InChI is InChI=1S/C25H27ClFN7O2/c1-14-4-6-15(7-5-14)13-34-19-18(16-10-17(26)12-28-11-16)29-21(22-32-33-24(35)36-22)30-20(19)31-23(34)25(27)8-2-3-9-25/h10-12,14-15H,2-9,13H2,1H3,(H,33,35)/t14-,15-. The third-order valence-electron chi connectivity index (χ3n) is 7.58. The molecule has 0 spiro atoms. The number of hydrogen-bond donors (Lipinski definition) is 1. The molecule has 36 heavy (non-hydrogen) atoms. The third-order valence-corrected chi connectivity index (χ3v) is 7.79. The summed E-state index contributed by atoms with van der Waals surface area (Å²) in [4.78, 5) is 29.9. The van der Waals surface area contributed by atoms with Gasteiger partial charge in [0.2, 0.25) is 5.82 Å². The number of aromatic amines is 1. The van der Waals surface area contributed by atoms with E-state index in [4.69, 9.17) is 26.0 Å². The lowest BCUT2D eigenvalue weighted by atomic mass is 9.83. The van der Waals surface area contributed by atoms with E-state index in [2.05, 4.69) is 27.1 Å². The second-order valence-corrected chi connectivity index (χ2v) is 10.7. The number of alkyl halides is 1. The van der Waals surface area contributed by atoms with Crippen LogP contribution in [0, 0.1) is 11.8 Å². The average molecular weight is 512 g/mol. The number of hydrogen-bond acceptors (Lipinski definition) is 7. The van der Waals surface area contributed by atoms with Crippen LogP contribution >= 0.6 is 11.6 Å². The van der Waals surface area contributed by atoms with Crippen molar-refractivity contribution in [2.75, 3.05) is 0 Å². The van der Waals surface area contributed by atoms with Crippen LogP contribution in [0.25, 0.3) is 34.1 Å². The predicted molar refractivity (Wildman–Crippen MR) is 132 cm³/mol. The van der Waals surface area contributed by atoms with Crippen molar-refractivity contribution in [3.8, 4) is 23.0 Å². The number of H-pyrrole nitrogens is 1. The van der Waals surface area contributed by atoms with E-state index < -0.39 is 11.4 Å². The van der Waals surface area contributed by atoms with E-state index in [9.17, 15) is 4.79 Å². The van der Waals surface area contributed by atoms with Gasteiger partial charge in [0.1, 0.15) is 17.0 Å². The number of fused-ring (bicyclic) bond motifs is 1. The fraction of sp³-hybridized carbons (Fsp3) is 0.520. The van der Waals surface area contributed by atoms with Crippen molar-refractivity contribution < 1.29 is 8.81 Å². The second-order valence-electron chi connectivity index (χ2n) is 10.2. The maximum absolute atomic E-state index is 16.3. The molecule has 2 aliphatic carbocycles. The molecular weight excluding hydrogens is 485 g/mol. The number of imidazole rings is 1. The molecule has 0 radical (unpaired) electrons. The van der Waals surface area contributed by atoms with Gasteiger partial charge >= 0.3 is 5.76 Å². The summed E-state index contributed by atoms with van der Waals surface area (Å²) >= 11 is 6.28. The summed E-state index contributed by atoms with van der Waals surface area (Å²) in [5, 5.41) is 6.57. The molecule has 9 nitrogen and oxygen atoms in total. The molecule has 0 aromatic carbocycles. The summed E-state index contributed by atoms with van der Waals surface area (Å²) in [6, 6.07) is 1.75. The number of rotatable bonds is 5. The van der Waals surface area contributed by atoms with Gasteiger partial charge in [-0.25, -0.2) is 29.2 Å². The molecule has 6 rings (SSSR count). The molecule has 188 valence electrons. The highest BCUT2D eigenvalue weighted by atomic mass is 35.5. The maximum Gasteiger partial charge on any atom is 0.434 e. The zero-order valence-electron chi connectivity index (χ0n) is 20.0. The molecule has 0 aliphatic heterocycles. The lowest BCUT2D eigenvalue weighted by Gasteiger charge is -2.29. The number of pyridine rings is 1. The highest BCUT2D eigenvalue weighted by Gasteiger charge is 2.41. The van der Waals surface area contributed by atoms with Gasteiger partial charge in [0, 0.05) is 24.5 Å². The predicted octanol–water partition coefficient (Wildman–Crippen LogP) is 5.45. The van der Waals surface area contributed by atoms with E-state index in [1.807, 2.05) is 4.57 Å². The van der Waals surface area contributed by atoms with Gasteiger partial charge in [-0.1, -0.05) is 31.4 Å². The first-order valence-corrected chi connectivity index (χ1v) is 12.9. The van der Waals surface area contributed by atoms with Crippen LogP contribution in [0.2, 0.25) is 5.02 Å². The molecule has 1 N–H and O–H groups in total. The molecule has 2 fully saturated rings. The van der Waals surface area contributed by atoms with E-state index in [0.717, 1.165) is 38.5 Å².